The highest BCUT2D eigenvalue weighted by Gasteiger charge is 2.53. The van der Waals surface area contributed by atoms with Crippen LogP contribution in [0.2, 0.25) is 0 Å². The van der Waals surface area contributed by atoms with Gasteiger partial charge >= 0.3 is 11.9 Å². The summed E-state index contributed by atoms with van der Waals surface area (Å²) in [6.45, 7) is -2.32. The molecule has 0 radical (unpaired) electrons. The van der Waals surface area contributed by atoms with Crippen LogP contribution in [0.15, 0.2) is 96.8 Å². The summed E-state index contributed by atoms with van der Waals surface area (Å²) in [6.07, 6.45) is -23.6. The maximum absolute atomic E-state index is 12.9. The SMILES string of the molecule is O=C(/C=C/c1ccc(O)c(O)c1)OC[C@H]1O[C@@H](O[C@@H]2[C@H](OC3=Cc4c(cc(O)cc4O[C@@H]4O[C@@H](CO)[C@@H](O)[C@H](O)[C@@H]4O)OC3c3ccc(O)cc3)O[C@H](COC(=O)/C=C/c3ccc(O)cc3)[C@@H](O)[C@@H]2O)[C@@H](O)[C@@H](O)[C@@H]1O. The Bertz CT molecular complexity index is 2750. The summed E-state index contributed by atoms with van der Waals surface area (Å²) in [7, 11) is 0. The summed E-state index contributed by atoms with van der Waals surface area (Å²) < 4.78 is 52.8. The largest absolute Gasteiger partial charge is 0.508 e. The second-order valence-corrected chi connectivity index (χ2v) is 17.8. The quantitative estimate of drug-likeness (QED) is 0.0365. The highest BCUT2D eigenvalue weighted by Crippen LogP contribution is 2.46. The molecule has 0 saturated carbocycles. The molecular weight excluding hydrogens is 1010 g/mol. The second-order valence-electron chi connectivity index (χ2n) is 17.8. The molecule has 0 bridgehead atoms. The number of carbonyl (C=O) groups excluding carboxylic acids is 2. The summed E-state index contributed by atoms with van der Waals surface area (Å²) in [4.78, 5) is 25.6. The zero-order chi connectivity index (χ0) is 54.5. The van der Waals surface area contributed by atoms with Gasteiger partial charge in [-0.1, -0.05) is 30.3 Å². The lowest BCUT2D eigenvalue weighted by Crippen LogP contribution is -2.64. The van der Waals surface area contributed by atoms with Crippen LogP contribution in [0.1, 0.15) is 28.4 Å². The zero-order valence-electron chi connectivity index (χ0n) is 39.5. The van der Waals surface area contributed by atoms with E-state index in [0.29, 0.717) is 11.1 Å². The number of hydrogen-bond acceptors (Lipinski definition) is 25. The van der Waals surface area contributed by atoms with Crippen LogP contribution < -0.4 is 9.47 Å². The summed E-state index contributed by atoms with van der Waals surface area (Å²) in [5.74, 6) is -4.08. The molecule has 0 spiro atoms. The molecule has 1 unspecified atom stereocenters. The van der Waals surface area contributed by atoms with E-state index in [1.165, 1.54) is 85.0 Å². The van der Waals surface area contributed by atoms with Gasteiger partial charge in [-0.3, -0.25) is 0 Å². The molecule has 8 rings (SSSR count). The van der Waals surface area contributed by atoms with Crippen molar-refractivity contribution in [3.05, 3.63) is 119 Å². The number of aliphatic hydroxyl groups excluding tert-OH is 9. The van der Waals surface area contributed by atoms with Crippen molar-refractivity contribution in [1.82, 2.24) is 0 Å². The maximum atomic E-state index is 12.9. The van der Waals surface area contributed by atoms with Crippen molar-refractivity contribution in [2.45, 2.75) is 98.2 Å². The fourth-order valence-corrected chi connectivity index (χ4v) is 8.32. The molecule has 4 aliphatic rings. The summed E-state index contributed by atoms with van der Waals surface area (Å²) in [5.41, 5.74) is 1.02. The molecule has 4 aromatic rings. The van der Waals surface area contributed by atoms with Gasteiger partial charge in [0.1, 0.15) is 115 Å². The molecule has 25 nitrogen and oxygen atoms in total. The van der Waals surface area contributed by atoms with Gasteiger partial charge in [-0.2, -0.15) is 0 Å². The van der Waals surface area contributed by atoms with E-state index in [2.05, 4.69) is 0 Å². The Morgan fingerprint density at radius 1 is 0.526 bits per heavy atom. The van der Waals surface area contributed by atoms with Crippen molar-refractivity contribution in [3.63, 3.8) is 0 Å². The molecule has 4 heterocycles. The molecule has 408 valence electrons. The number of benzene rings is 4. The monoisotopic (exact) mass is 1070 g/mol. The van der Waals surface area contributed by atoms with E-state index in [0.717, 1.165) is 24.3 Å². The number of fused-ring (bicyclic) bond motifs is 1. The van der Waals surface area contributed by atoms with Gasteiger partial charge in [-0.25, -0.2) is 9.59 Å². The Kier molecular flexibility index (Phi) is 17.3. The molecule has 4 aliphatic heterocycles. The Labute approximate surface area is 430 Å². The number of ether oxygens (including phenoxy) is 9. The number of aromatic hydroxyl groups is 5. The minimum absolute atomic E-state index is 0.0182. The van der Waals surface area contributed by atoms with Crippen LogP contribution in [0, 0.1) is 0 Å². The Balaban J connectivity index is 1.10. The lowest BCUT2D eigenvalue weighted by molar-refractivity contribution is -0.364. The van der Waals surface area contributed by atoms with Crippen LogP contribution >= 0.6 is 0 Å². The van der Waals surface area contributed by atoms with E-state index in [-0.39, 0.29) is 39.9 Å². The van der Waals surface area contributed by atoms with Crippen LogP contribution in [0.4, 0.5) is 0 Å². The minimum atomic E-state index is -2.11. The number of phenolic OH excluding ortho intramolecular Hbond substituents is 5. The van der Waals surface area contributed by atoms with E-state index < -0.39 is 147 Å². The highest BCUT2D eigenvalue weighted by molar-refractivity contribution is 5.87. The first-order valence-corrected chi connectivity index (χ1v) is 23.3. The van der Waals surface area contributed by atoms with E-state index in [1.54, 1.807) is 0 Å². The Morgan fingerprint density at radius 3 is 1.68 bits per heavy atom. The van der Waals surface area contributed by atoms with Gasteiger partial charge in [-0.15, -0.1) is 0 Å². The van der Waals surface area contributed by atoms with E-state index in [1.807, 2.05) is 0 Å². The predicted octanol–water partition coefficient (Wildman–Crippen LogP) is -0.963. The van der Waals surface area contributed by atoms with E-state index in [4.69, 9.17) is 42.6 Å². The molecule has 76 heavy (non-hydrogen) atoms. The zero-order valence-corrected chi connectivity index (χ0v) is 39.5. The molecule has 14 N–H and O–H groups in total. The minimum Gasteiger partial charge on any atom is -0.508 e. The molecule has 0 aromatic heterocycles. The van der Waals surface area contributed by atoms with Crippen molar-refractivity contribution < 1.29 is 124 Å². The summed E-state index contributed by atoms with van der Waals surface area (Å²) in [5, 5.41) is 148. The fraction of sp³-hybridized carbons (Fsp3) is 0.373. The first-order valence-electron chi connectivity index (χ1n) is 23.3. The fourth-order valence-electron chi connectivity index (χ4n) is 8.32. The molecule has 3 fully saturated rings. The van der Waals surface area contributed by atoms with E-state index in [9.17, 15) is 81.1 Å². The number of rotatable bonds is 16. The molecule has 16 atom stereocenters. The molecular formula is C51H54O25. The molecule has 4 aromatic carbocycles. The molecule has 25 heteroatoms. The summed E-state index contributed by atoms with van der Waals surface area (Å²) >= 11 is 0. The maximum Gasteiger partial charge on any atom is 0.330 e. The summed E-state index contributed by atoms with van der Waals surface area (Å²) in [6, 6.07) is 17.2. The van der Waals surface area contributed by atoms with Crippen LogP contribution in [0.5, 0.6) is 40.2 Å². The van der Waals surface area contributed by atoms with E-state index >= 15 is 0 Å². The average Bonchev–Trinajstić information content (AvgIpc) is 3.41. The number of carbonyl (C=O) groups is 2. The molecule has 0 aliphatic carbocycles. The van der Waals surface area contributed by atoms with Crippen LogP contribution in [-0.2, 0) is 42.7 Å². The smallest absolute Gasteiger partial charge is 0.330 e. The third-order valence-corrected chi connectivity index (χ3v) is 12.5. The lowest BCUT2D eigenvalue weighted by atomic mass is 9.97. The topological polar surface area (TPSA) is 400 Å². The normalized spacial score (nSPS) is 31.5. The van der Waals surface area contributed by atoms with Crippen molar-refractivity contribution in [2.75, 3.05) is 19.8 Å². The van der Waals surface area contributed by atoms with Gasteiger partial charge in [0.2, 0.25) is 12.6 Å². The van der Waals surface area contributed by atoms with Gasteiger partial charge in [0, 0.05) is 29.8 Å². The number of aliphatic hydroxyl groups is 9. The predicted molar refractivity (Wildman–Crippen MR) is 253 cm³/mol. The second kappa shape index (κ2) is 23.9. The van der Waals surface area contributed by atoms with Crippen LogP contribution in [0.3, 0.4) is 0 Å². The molecule has 3 saturated heterocycles. The number of esters is 2. The third-order valence-electron chi connectivity index (χ3n) is 12.5. The number of hydrogen-bond donors (Lipinski definition) is 14. The van der Waals surface area contributed by atoms with Gasteiger partial charge in [-0.05, 0) is 65.8 Å². The van der Waals surface area contributed by atoms with Gasteiger partial charge in [0.05, 0.1) is 12.2 Å². The van der Waals surface area contributed by atoms with Gasteiger partial charge in [0.15, 0.2) is 30.0 Å². The highest BCUT2D eigenvalue weighted by atomic mass is 16.8. The lowest BCUT2D eigenvalue weighted by Gasteiger charge is -2.46. The van der Waals surface area contributed by atoms with Crippen LogP contribution in [0.25, 0.3) is 18.2 Å². The first kappa shape index (κ1) is 55.2. The Morgan fingerprint density at radius 2 is 1.07 bits per heavy atom. The van der Waals surface area contributed by atoms with Crippen molar-refractivity contribution in [1.29, 1.82) is 0 Å². The first-order chi connectivity index (χ1) is 36.3. The Hall–Kier alpha value is -7.08. The number of phenols is 5. The van der Waals surface area contributed by atoms with Gasteiger partial charge in [0.25, 0.3) is 0 Å². The molecule has 0 amide bonds. The van der Waals surface area contributed by atoms with Crippen molar-refractivity contribution >= 4 is 30.2 Å². The van der Waals surface area contributed by atoms with Crippen molar-refractivity contribution in [3.8, 4) is 40.2 Å². The average molecular weight is 1070 g/mol. The standard InChI is InChI=1S/C51H54O25/c52-19-34-39(60)42(63)45(66)49(73-34)71-32-17-27(55)16-31-28(32)18-33(47(70-31)24-6-10-26(54)11-7-24)72-51-48(44(65)41(62)36(75-51)21-69-37(58)13-4-22-1-8-25(53)9-2-22)76-50-46(67)43(64)40(61)35(74-50)20-68-38(59)14-5-23-3-12-29(56)30(57)15-23/h1-18,34-36,39-57,60-67H,19-21H2/b13-4+,14-5+/t34-,35+,36+,39+,40+,41+,42-,43-,44-,45-,46-,47?,48-,49+,50-,51+/m0/s1. The van der Waals surface area contributed by atoms with Gasteiger partial charge < -0.3 is 114 Å². The van der Waals surface area contributed by atoms with Crippen LogP contribution in [-0.4, -0.2) is 195 Å². The van der Waals surface area contributed by atoms with Crippen molar-refractivity contribution in [2.24, 2.45) is 0 Å². The third kappa shape index (κ3) is 12.6.